The predicted octanol–water partition coefficient (Wildman–Crippen LogP) is 4.80. The van der Waals surface area contributed by atoms with Crippen molar-refractivity contribution in [3.05, 3.63) is 83.5 Å². The van der Waals surface area contributed by atoms with Gasteiger partial charge in [0.25, 0.3) is 5.91 Å². The van der Waals surface area contributed by atoms with E-state index in [0.717, 1.165) is 11.3 Å². The van der Waals surface area contributed by atoms with E-state index in [-0.39, 0.29) is 12.1 Å². The van der Waals surface area contributed by atoms with E-state index in [9.17, 15) is 10.1 Å². The van der Waals surface area contributed by atoms with Crippen LogP contribution < -0.4 is 10.1 Å². The Morgan fingerprint density at radius 3 is 2.74 bits per heavy atom. The Kier molecular flexibility index (Phi) is 7.26. The number of amides is 1. The molecule has 0 aliphatic carbocycles. The molecule has 0 aliphatic heterocycles. The molecule has 1 heterocycles. The minimum Gasteiger partial charge on any atom is -0.492 e. The largest absolute Gasteiger partial charge is 0.492 e. The first kappa shape index (κ1) is 21.9. The topological polar surface area (TPSA) is 79.9 Å². The predicted molar refractivity (Wildman–Crippen MR) is 122 cm³/mol. The highest BCUT2D eigenvalue weighted by Crippen LogP contribution is 2.32. The van der Waals surface area contributed by atoms with Gasteiger partial charge in [-0.2, -0.15) is 10.4 Å². The third kappa shape index (κ3) is 5.21. The number of benzene rings is 2. The lowest BCUT2D eigenvalue weighted by molar-refractivity contribution is -0.116. The Balaban J connectivity index is 2.11. The van der Waals surface area contributed by atoms with E-state index in [2.05, 4.69) is 11.9 Å². The molecule has 2 aromatic carbocycles. The van der Waals surface area contributed by atoms with Crippen LogP contribution in [0.25, 0.3) is 23.0 Å². The molecule has 0 aliphatic rings. The van der Waals surface area contributed by atoms with E-state index >= 15 is 0 Å². The standard InChI is InChI=1S/C24H21ClN4O2/c1-3-12-27-24(30)18(15-26)13-19-16-29(20-8-6-5-7-9-20)28-23(19)17-10-11-22(31-4-2)21(25)14-17/h3,5-11,13-14,16H,1,4,12H2,2H3,(H,27,30). The minimum atomic E-state index is -0.481. The van der Waals surface area contributed by atoms with E-state index in [0.29, 0.717) is 28.6 Å². The summed E-state index contributed by atoms with van der Waals surface area (Å²) in [6.45, 7) is 6.22. The van der Waals surface area contributed by atoms with Crippen LogP contribution in [0, 0.1) is 11.3 Å². The van der Waals surface area contributed by atoms with Crippen LogP contribution >= 0.6 is 11.6 Å². The van der Waals surface area contributed by atoms with Crippen molar-refractivity contribution >= 4 is 23.6 Å². The third-order valence-corrected chi connectivity index (χ3v) is 4.64. The van der Waals surface area contributed by atoms with Crippen molar-refractivity contribution in [2.45, 2.75) is 6.92 Å². The molecule has 31 heavy (non-hydrogen) atoms. The number of hydrogen-bond acceptors (Lipinski definition) is 4. The van der Waals surface area contributed by atoms with Crippen molar-refractivity contribution in [3.63, 3.8) is 0 Å². The van der Waals surface area contributed by atoms with E-state index in [1.165, 1.54) is 6.08 Å². The average molecular weight is 433 g/mol. The second-order valence-corrected chi connectivity index (χ2v) is 6.87. The Hall–Kier alpha value is -3.82. The maximum atomic E-state index is 12.3. The molecular weight excluding hydrogens is 412 g/mol. The first-order valence-electron chi connectivity index (χ1n) is 9.66. The Labute approximate surface area is 186 Å². The lowest BCUT2D eigenvalue weighted by atomic mass is 10.1. The van der Waals surface area contributed by atoms with Crippen LogP contribution in [0.2, 0.25) is 5.02 Å². The van der Waals surface area contributed by atoms with Gasteiger partial charge < -0.3 is 10.1 Å². The molecule has 0 unspecified atom stereocenters. The zero-order valence-corrected chi connectivity index (χ0v) is 17.8. The molecule has 0 fully saturated rings. The third-order valence-electron chi connectivity index (χ3n) is 4.34. The fourth-order valence-corrected chi connectivity index (χ4v) is 3.15. The number of aromatic nitrogens is 2. The van der Waals surface area contributed by atoms with Gasteiger partial charge in [0.05, 0.1) is 17.3 Å². The zero-order chi connectivity index (χ0) is 22.2. The zero-order valence-electron chi connectivity index (χ0n) is 17.0. The number of hydrogen-bond donors (Lipinski definition) is 1. The van der Waals surface area contributed by atoms with Crippen molar-refractivity contribution in [1.29, 1.82) is 5.26 Å². The van der Waals surface area contributed by atoms with Crippen LogP contribution in [0.15, 0.2) is 73.0 Å². The van der Waals surface area contributed by atoms with Crippen LogP contribution in [0.5, 0.6) is 5.75 Å². The summed E-state index contributed by atoms with van der Waals surface area (Å²) in [5, 5.41) is 17.3. The van der Waals surface area contributed by atoms with Gasteiger partial charge in [0, 0.05) is 23.9 Å². The number of carbonyl (C=O) groups is 1. The molecule has 0 atom stereocenters. The molecule has 3 aromatic rings. The lowest BCUT2D eigenvalue weighted by Gasteiger charge is -2.07. The maximum absolute atomic E-state index is 12.3. The fourth-order valence-electron chi connectivity index (χ4n) is 2.92. The molecule has 1 N–H and O–H groups in total. The second-order valence-electron chi connectivity index (χ2n) is 6.46. The van der Waals surface area contributed by atoms with Gasteiger partial charge >= 0.3 is 0 Å². The van der Waals surface area contributed by atoms with Crippen molar-refractivity contribution in [2.24, 2.45) is 0 Å². The normalized spacial score (nSPS) is 10.9. The number of para-hydroxylation sites is 1. The number of halogens is 1. The summed E-state index contributed by atoms with van der Waals surface area (Å²) in [5.74, 6) is 0.0968. The average Bonchev–Trinajstić information content (AvgIpc) is 3.21. The van der Waals surface area contributed by atoms with Gasteiger partial charge in [0.2, 0.25) is 0 Å². The summed E-state index contributed by atoms with van der Waals surface area (Å²) in [6, 6.07) is 16.9. The van der Waals surface area contributed by atoms with Crippen molar-refractivity contribution in [2.75, 3.05) is 13.2 Å². The molecule has 0 spiro atoms. The Bertz CT molecular complexity index is 1160. The molecule has 1 aromatic heterocycles. The second kappa shape index (κ2) is 10.3. The van der Waals surface area contributed by atoms with Crippen LogP contribution in [0.4, 0.5) is 0 Å². The minimum absolute atomic E-state index is 0.0345. The van der Waals surface area contributed by atoms with Crippen molar-refractivity contribution < 1.29 is 9.53 Å². The number of rotatable bonds is 8. The highest BCUT2D eigenvalue weighted by molar-refractivity contribution is 6.32. The fraction of sp³-hybridized carbons (Fsp3) is 0.125. The number of nitrogens with one attached hydrogen (secondary N) is 1. The highest BCUT2D eigenvalue weighted by atomic mass is 35.5. The molecule has 0 saturated carbocycles. The summed E-state index contributed by atoms with van der Waals surface area (Å²) >= 11 is 6.37. The summed E-state index contributed by atoms with van der Waals surface area (Å²) < 4.78 is 7.21. The monoisotopic (exact) mass is 432 g/mol. The SMILES string of the molecule is C=CCNC(=O)C(C#N)=Cc1cn(-c2ccccc2)nc1-c1ccc(OCC)c(Cl)c1. The summed E-state index contributed by atoms with van der Waals surface area (Å²) in [6.07, 6.45) is 4.84. The van der Waals surface area contributed by atoms with Gasteiger partial charge in [-0.05, 0) is 43.3 Å². The molecule has 6 nitrogen and oxygen atoms in total. The Morgan fingerprint density at radius 1 is 1.32 bits per heavy atom. The first-order chi connectivity index (χ1) is 15.1. The number of ether oxygens (including phenoxy) is 1. The summed E-state index contributed by atoms with van der Waals surface area (Å²) in [5.41, 5.74) is 2.73. The molecule has 0 saturated heterocycles. The number of nitrogens with zero attached hydrogens (tertiary/aromatic N) is 3. The maximum Gasteiger partial charge on any atom is 0.262 e. The van der Waals surface area contributed by atoms with E-state index in [1.807, 2.05) is 49.4 Å². The van der Waals surface area contributed by atoms with E-state index < -0.39 is 5.91 Å². The lowest BCUT2D eigenvalue weighted by Crippen LogP contribution is -2.24. The summed E-state index contributed by atoms with van der Waals surface area (Å²) in [7, 11) is 0. The first-order valence-corrected chi connectivity index (χ1v) is 10.0. The van der Waals surface area contributed by atoms with Crippen LogP contribution in [-0.4, -0.2) is 28.8 Å². The van der Waals surface area contributed by atoms with Crippen molar-refractivity contribution in [3.8, 4) is 28.8 Å². The highest BCUT2D eigenvalue weighted by Gasteiger charge is 2.16. The molecule has 0 radical (unpaired) electrons. The molecule has 156 valence electrons. The van der Waals surface area contributed by atoms with Crippen LogP contribution in [0.3, 0.4) is 0 Å². The quantitative estimate of drug-likeness (QED) is 0.315. The molecule has 7 heteroatoms. The van der Waals surface area contributed by atoms with Gasteiger partial charge in [-0.15, -0.1) is 6.58 Å². The van der Waals surface area contributed by atoms with Crippen LogP contribution in [-0.2, 0) is 4.79 Å². The smallest absolute Gasteiger partial charge is 0.262 e. The molecule has 3 rings (SSSR count). The Morgan fingerprint density at radius 2 is 2.10 bits per heavy atom. The van der Waals surface area contributed by atoms with Gasteiger partial charge in [-0.3, -0.25) is 4.79 Å². The van der Waals surface area contributed by atoms with Crippen molar-refractivity contribution in [1.82, 2.24) is 15.1 Å². The van der Waals surface area contributed by atoms with Gasteiger partial charge in [0.15, 0.2) is 0 Å². The van der Waals surface area contributed by atoms with E-state index in [4.69, 9.17) is 21.4 Å². The van der Waals surface area contributed by atoms with E-state index in [1.54, 1.807) is 29.1 Å². The summed E-state index contributed by atoms with van der Waals surface area (Å²) in [4.78, 5) is 12.3. The van der Waals surface area contributed by atoms with Gasteiger partial charge in [-0.25, -0.2) is 4.68 Å². The van der Waals surface area contributed by atoms with Crippen LogP contribution in [0.1, 0.15) is 12.5 Å². The molecule has 1 amide bonds. The number of nitriles is 1. The molecule has 0 bridgehead atoms. The van der Waals surface area contributed by atoms with Gasteiger partial charge in [0.1, 0.15) is 23.1 Å². The number of carbonyl (C=O) groups excluding carboxylic acids is 1. The van der Waals surface area contributed by atoms with Gasteiger partial charge in [-0.1, -0.05) is 35.9 Å². The molecular formula is C24H21ClN4O2.